The van der Waals surface area contributed by atoms with E-state index >= 15 is 0 Å². The molecule has 23 heavy (non-hydrogen) atoms. The molecule has 0 radical (unpaired) electrons. The van der Waals surface area contributed by atoms with E-state index in [4.69, 9.17) is 0 Å². The van der Waals surface area contributed by atoms with Gasteiger partial charge in [0.2, 0.25) is 5.91 Å². The van der Waals surface area contributed by atoms with Crippen molar-refractivity contribution >= 4 is 40.0 Å². The molecule has 1 aromatic rings. The van der Waals surface area contributed by atoms with E-state index in [1.807, 2.05) is 13.8 Å². The molecule has 1 saturated heterocycles. The van der Waals surface area contributed by atoms with Crippen molar-refractivity contribution in [3.05, 3.63) is 16.5 Å². The zero-order valence-electron chi connectivity index (χ0n) is 13.1. The Morgan fingerprint density at radius 3 is 2.57 bits per heavy atom. The van der Waals surface area contributed by atoms with Crippen molar-refractivity contribution in [2.45, 2.75) is 45.2 Å². The standard InChI is InChI=1S/C15H17N3O4S/c1-7(2)16-11-10-8(6-23-11)12(20)18(13(10)21)15(3)5-4-9(19)17-14(15)22/h6-7,16H,4-5H2,1-3H3,(H,17,19,22)/t15-/m0/s1. The van der Waals surface area contributed by atoms with Crippen LogP contribution in [0.15, 0.2) is 5.38 Å². The Kier molecular flexibility index (Phi) is 3.51. The predicted octanol–water partition coefficient (Wildman–Crippen LogP) is 1.36. The zero-order valence-corrected chi connectivity index (χ0v) is 13.9. The molecule has 0 bridgehead atoms. The molecule has 1 aromatic heterocycles. The van der Waals surface area contributed by atoms with Gasteiger partial charge >= 0.3 is 0 Å². The third-order valence-corrected chi connectivity index (χ3v) is 5.05. The van der Waals surface area contributed by atoms with E-state index in [0.717, 1.165) is 4.90 Å². The van der Waals surface area contributed by atoms with Crippen LogP contribution in [0.5, 0.6) is 0 Å². The van der Waals surface area contributed by atoms with Crippen LogP contribution in [-0.2, 0) is 9.59 Å². The normalized spacial score (nSPS) is 24.3. The molecule has 1 fully saturated rings. The highest BCUT2D eigenvalue weighted by Gasteiger charge is 2.53. The summed E-state index contributed by atoms with van der Waals surface area (Å²) in [5.41, 5.74) is -0.706. The number of rotatable bonds is 3. The van der Waals surface area contributed by atoms with Crippen molar-refractivity contribution < 1.29 is 19.2 Å². The lowest BCUT2D eigenvalue weighted by Crippen LogP contribution is -2.62. The third kappa shape index (κ3) is 2.24. The lowest BCUT2D eigenvalue weighted by Gasteiger charge is -2.38. The maximum Gasteiger partial charge on any atom is 0.265 e. The maximum atomic E-state index is 12.8. The minimum absolute atomic E-state index is 0.100. The van der Waals surface area contributed by atoms with Crippen LogP contribution in [0.3, 0.4) is 0 Å². The van der Waals surface area contributed by atoms with Crippen LogP contribution in [0.4, 0.5) is 5.00 Å². The van der Waals surface area contributed by atoms with Crippen LogP contribution in [0.2, 0.25) is 0 Å². The molecule has 4 amide bonds. The monoisotopic (exact) mass is 335 g/mol. The van der Waals surface area contributed by atoms with Gasteiger partial charge < -0.3 is 5.32 Å². The van der Waals surface area contributed by atoms with Gasteiger partial charge in [0, 0.05) is 17.8 Å². The maximum absolute atomic E-state index is 12.8. The van der Waals surface area contributed by atoms with Gasteiger partial charge in [-0.1, -0.05) is 0 Å². The van der Waals surface area contributed by atoms with Gasteiger partial charge in [0.25, 0.3) is 17.7 Å². The minimum atomic E-state index is -1.34. The van der Waals surface area contributed by atoms with E-state index < -0.39 is 23.3 Å². The first kappa shape index (κ1) is 15.7. The summed E-state index contributed by atoms with van der Waals surface area (Å²) in [5.74, 6) is -1.96. The molecular formula is C15H17N3O4S. The number of fused-ring (bicyclic) bond motifs is 1. The number of anilines is 1. The predicted molar refractivity (Wildman–Crippen MR) is 84.4 cm³/mol. The fraction of sp³-hybridized carbons (Fsp3) is 0.467. The molecular weight excluding hydrogens is 318 g/mol. The van der Waals surface area contributed by atoms with Crippen molar-refractivity contribution in [2.75, 3.05) is 5.32 Å². The quantitative estimate of drug-likeness (QED) is 0.813. The lowest BCUT2D eigenvalue weighted by atomic mass is 9.89. The van der Waals surface area contributed by atoms with Crippen molar-refractivity contribution in [3.8, 4) is 0 Å². The zero-order chi connectivity index (χ0) is 16.9. The fourth-order valence-corrected chi connectivity index (χ4v) is 3.95. The first-order chi connectivity index (χ1) is 10.8. The average Bonchev–Trinajstić information content (AvgIpc) is 2.96. The summed E-state index contributed by atoms with van der Waals surface area (Å²) in [6.07, 6.45) is 0.235. The molecule has 0 unspecified atom stereocenters. The number of hydrogen-bond acceptors (Lipinski definition) is 6. The Morgan fingerprint density at radius 2 is 1.96 bits per heavy atom. The number of piperidine rings is 1. The molecule has 3 rings (SSSR count). The SMILES string of the molecule is CC(C)Nc1scc2c1C(=O)N([C@@]1(C)CCC(=O)NC1=O)C2=O. The Hall–Kier alpha value is -2.22. The van der Waals surface area contributed by atoms with Crippen LogP contribution < -0.4 is 10.6 Å². The van der Waals surface area contributed by atoms with Gasteiger partial charge in [0.05, 0.1) is 11.1 Å². The smallest absolute Gasteiger partial charge is 0.265 e. The molecule has 0 aromatic carbocycles. The van der Waals surface area contributed by atoms with Crippen LogP contribution in [0.1, 0.15) is 54.3 Å². The summed E-state index contributed by atoms with van der Waals surface area (Å²) >= 11 is 1.30. The van der Waals surface area contributed by atoms with Gasteiger partial charge in [-0.3, -0.25) is 29.4 Å². The second-order valence-corrected chi connectivity index (χ2v) is 7.13. The summed E-state index contributed by atoms with van der Waals surface area (Å²) in [4.78, 5) is 50.1. The molecule has 0 saturated carbocycles. The topological polar surface area (TPSA) is 95.6 Å². The molecule has 2 N–H and O–H groups in total. The van der Waals surface area contributed by atoms with Crippen LogP contribution in [0.25, 0.3) is 0 Å². The largest absolute Gasteiger partial charge is 0.374 e. The van der Waals surface area contributed by atoms with E-state index in [1.165, 1.54) is 18.3 Å². The van der Waals surface area contributed by atoms with E-state index in [2.05, 4.69) is 10.6 Å². The number of nitrogens with zero attached hydrogens (tertiary/aromatic N) is 1. The van der Waals surface area contributed by atoms with Gasteiger partial charge in [0.1, 0.15) is 10.5 Å². The Bertz CT molecular complexity index is 739. The molecule has 2 aliphatic rings. The summed E-state index contributed by atoms with van der Waals surface area (Å²) < 4.78 is 0. The third-order valence-electron chi connectivity index (χ3n) is 4.14. The van der Waals surface area contributed by atoms with Crippen molar-refractivity contribution in [1.82, 2.24) is 10.2 Å². The molecule has 1 atom stereocenters. The highest BCUT2D eigenvalue weighted by Crippen LogP contribution is 2.40. The number of nitrogens with one attached hydrogen (secondary N) is 2. The molecule has 0 spiro atoms. The number of thiophene rings is 1. The average molecular weight is 335 g/mol. The minimum Gasteiger partial charge on any atom is -0.374 e. The van der Waals surface area contributed by atoms with Gasteiger partial charge in [-0.2, -0.15) is 0 Å². The Labute approximate surface area is 137 Å². The molecule has 8 heteroatoms. The lowest BCUT2D eigenvalue weighted by molar-refractivity contribution is -0.140. The van der Waals surface area contributed by atoms with E-state index in [1.54, 1.807) is 5.38 Å². The van der Waals surface area contributed by atoms with Crippen LogP contribution >= 0.6 is 11.3 Å². The highest BCUT2D eigenvalue weighted by atomic mass is 32.1. The van der Waals surface area contributed by atoms with Crippen molar-refractivity contribution in [1.29, 1.82) is 0 Å². The van der Waals surface area contributed by atoms with E-state index in [-0.39, 0.29) is 24.8 Å². The summed E-state index contributed by atoms with van der Waals surface area (Å²) in [7, 11) is 0. The van der Waals surface area contributed by atoms with Gasteiger partial charge in [-0.15, -0.1) is 11.3 Å². The highest BCUT2D eigenvalue weighted by molar-refractivity contribution is 7.15. The number of carbonyl (C=O) groups is 4. The van der Waals surface area contributed by atoms with Crippen molar-refractivity contribution in [2.24, 2.45) is 0 Å². The molecule has 2 aliphatic heterocycles. The van der Waals surface area contributed by atoms with Gasteiger partial charge in [-0.05, 0) is 27.2 Å². The molecule has 3 heterocycles. The van der Waals surface area contributed by atoms with Gasteiger partial charge in [-0.25, -0.2) is 0 Å². The fourth-order valence-electron chi connectivity index (χ4n) is 2.88. The summed E-state index contributed by atoms with van der Waals surface area (Å²) in [6.45, 7) is 5.40. The van der Waals surface area contributed by atoms with E-state index in [0.29, 0.717) is 16.1 Å². The molecule has 0 aliphatic carbocycles. The number of carbonyl (C=O) groups excluding carboxylic acids is 4. The van der Waals surface area contributed by atoms with Crippen molar-refractivity contribution in [3.63, 3.8) is 0 Å². The Morgan fingerprint density at radius 1 is 1.26 bits per heavy atom. The number of hydrogen-bond donors (Lipinski definition) is 2. The number of amides is 4. The molecule has 7 nitrogen and oxygen atoms in total. The second-order valence-electron chi connectivity index (χ2n) is 6.25. The number of imide groups is 2. The summed E-state index contributed by atoms with van der Waals surface area (Å²) in [5, 5.41) is 7.64. The van der Waals surface area contributed by atoms with Crippen LogP contribution in [-0.4, -0.2) is 40.1 Å². The van der Waals surface area contributed by atoms with Gasteiger partial charge in [0.15, 0.2) is 0 Å². The Balaban J connectivity index is 1.99. The first-order valence-electron chi connectivity index (χ1n) is 7.37. The van der Waals surface area contributed by atoms with Crippen LogP contribution in [0, 0.1) is 0 Å². The van der Waals surface area contributed by atoms with E-state index in [9.17, 15) is 19.2 Å². The molecule has 122 valence electrons. The first-order valence-corrected chi connectivity index (χ1v) is 8.25. The second kappa shape index (κ2) is 5.16. The summed E-state index contributed by atoms with van der Waals surface area (Å²) in [6, 6.07) is 0.112.